The van der Waals surface area contributed by atoms with Crippen molar-refractivity contribution in [1.29, 1.82) is 0 Å². The molecule has 2 rings (SSSR count). The first-order valence-corrected chi connectivity index (χ1v) is 6.94. The smallest absolute Gasteiger partial charge is 0.326 e. The highest BCUT2D eigenvalue weighted by atomic mass is 16.4. The molecule has 1 atom stereocenters. The molecule has 0 aliphatic heterocycles. The molecular weight excluding hydrogens is 284 g/mol. The Balaban J connectivity index is 2.07. The average Bonchev–Trinajstić information content (AvgIpc) is 2.97. The number of aliphatic carboxylic acids is 1. The Morgan fingerprint density at radius 2 is 2.00 bits per heavy atom. The van der Waals surface area contributed by atoms with Gasteiger partial charge in [-0.1, -0.05) is 0 Å². The fraction of sp³-hybridized carbons (Fsp3) is 0.333. The molecule has 0 aliphatic rings. The van der Waals surface area contributed by atoms with Crippen LogP contribution in [0.15, 0.2) is 36.9 Å². The van der Waals surface area contributed by atoms with Crippen LogP contribution in [-0.4, -0.2) is 37.8 Å². The van der Waals surface area contributed by atoms with Crippen LogP contribution in [0.5, 0.6) is 0 Å². The lowest BCUT2D eigenvalue weighted by molar-refractivity contribution is -0.139. The zero-order valence-electron chi connectivity index (χ0n) is 12.4. The number of hydrogen-bond acceptors (Lipinski definition) is 4. The largest absolute Gasteiger partial charge is 0.480 e. The highest BCUT2D eigenvalue weighted by molar-refractivity contribution is 5.96. The van der Waals surface area contributed by atoms with Gasteiger partial charge in [-0.2, -0.15) is 5.10 Å². The third kappa shape index (κ3) is 3.91. The van der Waals surface area contributed by atoms with E-state index >= 15 is 0 Å². The number of pyridine rings is 1. The van der Waals surface area contributed by atoms with Crippen LogP contribution >= 0.6 is 0 Å². The van der Waals surface area contributed by atoms with Gasteiger partial charge in [0.25, 0.3) is 5.91 Å². The maximum absolute atomic E-state index is 12.1. The molecule has 116 valence electrons. The van der Waals surface area contributed by atoms with E-state index in [4.69, 9.17) is 0 Å². The molecule has 0 bridgehead atoms. The number of carboxylic acids is 1. The van der Waals surface area contributed by atoms with Crippen LogP contribution in [0.4, 0.5) is 0 Å². The number of rotatable bonds is 6. The van der Waals surface area contributed by atoms with Gasteiger partial charge in [0.2, 0.25) is 0 Å². The first kappa shape index (κ1) is 15.7. The third-order valence-electron chi connectivity index (χ3n) is 3.19. The van der Waals surface area contributed by atoms with Gasteiger partial charge in [0.15, 0.2) is 0 Å². The van der Waals surface area contributed by atoms with Gasteiger partial charge in [0.1, 0.15) is 6.04 Å². The first-order valence-electron chi connectivity index (χ1n) is 6.94. The fourth-order valence-corrected chi connectivity index (χ4v) is 1.93. The summed E-state index contributed by atoms with van der Waals surface area (Å²) >= 11 is 0. The molecule has 1 unspecified atom stereocenters. The molecule has 0 saturated heterocycles. The molecule has 2 aromatic rings. The Labute approximate surface area is 128 Å². The second-order valence-corrected chi connectivity index (χ2v) is 5.23. The number of nitrogens with zero attached hydrogens (tertiary/aromatic N) is 3. The Kier molecular flexibility index (Phi) is 4.88. The lowest BCUT2D eigenvalue weighted by Crippen LogP contribution is -2.42. The van der Waals surface area contributed by atoms with Crippen molar-refractivity contribution in [3.63, 3.8) is 0 Å². The molecular formula is C15H18N4O3. The summed E-state index contributed by atoms with van der Waals surface area (Å²) in [7, 11) is 0. The first-order chi connectivity index (χ1) is 10.5. The van der Waals surface area contributed by atoms with E-state index in [0.717, 1.165) is 5.56 Å². The molecule has 22 heavy (non-hydrogen) atoms. The van der Waals surface area contributed by atoms with E-state index in [1.165, 1.54) is 6.20 Å². The predicted molar refractivity (Wildman–Crippen MR) is 79.4 cm³/mol. The number of aromatic nitrogens is 3. The van der Waals surface area contributed by atoms with Crippen molar-refractivity contribution >= 4 is 11.9 Å². The van der Waals surface area contributed by atoms with Crippen LogP contribution < -0.4 is 5.32 Å². The van der Waals surface area contributed by atoms with E-state index < -0.39 is 17.9 Å². The molecule has 0 spiro atoms. The lowest BCUT2D eigenvalue weighted by atomic mass is 10.1. The summed E-state index contributed by atoms with van der Waals surface area (Å²) in [5, 5.41) is 15.9. The highest BCUT2D eigenvalue weighted by Gasteiger charge is 2.22. The van der Waals surface area contributed by atoms with Crippen molar-refractivity contribution < 1.29 is 14.7 Å². The van der Waals surface area contributed by atoms with E-state index in [0.29, 0.717) is 5.56 Å². The Hall–Kier alpha value is -2.70. The predicted octanol–water partition coefficient (Wildman–Crippen LogP) is 1.28. The van der Waals surface area contributed by atoms with Gasteiger partial charge < -0.3 is 10.4 Å². The van der Waals surface area contributed by atoms with Crippen molar-refractivity contribution in [3.05, 3.63) is 48.0 Å². The van der Waals surface area contributed by atoms with Crippen molar-refractivity contribution in [2.75, 3.05) is 0 Å². The maximum atomic E-state index is 12.1. The number of amides is 1. The highest BCUT2D eigenvalue weighted by Crippen LogP contribution is 2.07. The Bertz CT molecular complexity index is 652. The molecule has 0 saturated carbocycles. The zero-order valence-corrected chi connectivity index (χ0v) is 12.4. The molecule has 1 amide bonds. The number of carbonyl (C=O) groups excluding carboxylic acids is 1. The van der Waals surface area contributed by atoms with E-state index in [-0.39, 0.29) is 12.5 Å². The fourth-order valence-electron chi connectivity index (χ4n) is 1.93. The van der Waals surface area contributed by atoms with Crippen LogP contribution in [0.3, 0.4) is 0 Å². The van der Waals surface area contributed by atoms with E-state index in [1.54, 1.807) is 35.4 Å². The van der Waals surface area contributed by atoms with Gasteiger partial charge in [-0.05, 0) is 31.5 Å². The topological polar surface area (TPSA) is 97.1 Å². The van der Waals surface area contributed by atoms with Crippen LogP contribution in [0.25, 0.3) is 0 Å². The summed E-state index contributed by atoms with van der Waals surface area (Å²) in [6, 6.07) is 2.57. The van der Waals surface area contributed by atoms with Crippen molar-refractivity contribution in [1.82, 2.24) is 20.1 Å². The SMILES string of the molecule is CC(C)n1cc(C(=O)NC(Cc2ccncc2)C(=O)O)cn1. The maximum Gasteiger partial charge on any atom is 0.326 e. The monoisotopic (exact) mass is 302 g/mol. The molecule has 0 radical (unpaired) electrons. The van der Waals surface area contributed by atoms with Gasteiger partial charge >= 0.3 is 5.97 Å². The molecule has 2 N–H and O–H groups in total. The van der Waals surface area contributed by atoms with Crippen molar-refractivity contribution in [3.8, 4) is 0 Å². The number of nitrogens with one attached hydrogen (secondary N) is 1. The van der Waals surface area contributed by atoms with Crippen LogP contribution in [0.1, 0.15) is 35.8 Å². The summed E-state index contributed by atoms with van der Waals surface area (Å²) in [5.74, 6) is -1.53. The van der Waals surface area contributed by atoms with E-state index in [1.807, 2.05) is 13.8 Å². The molecule has 2 aromatic heterocycles. The number of carboxylic acid groups (broad SMARTS) is 1. The molecule has 7 heteroatoms. The summed E-state index contributed by atoms with van der Waals surface area (Å²) in [5.41, 5.74) is 1.13. The number of carbonyl (C=O) groups is 2. The van der Waals surface area contributed by atoms with E-state index in [9.17, 15) is 14.7 Å². The van der Waals surface area contributed by atoms with Gasteiger partial charge in [0.05, 0.1) is 11.8 Å². The molecule has 2 heterocycles. The van der Waals surface area contributed by atoms with Gasteiger partial charge in [-0.25, -0.2) is 4.79 Å². The van der Waals surface area contributed by atoms with Crippen LogP contribution in [-0.2, 0) is 11.2 Å². The molecule has 0 aliphatic carbocycles. The second-order valence-electron chi connectivity index (χ2n) is 5.23. The van der Waals surface area contributed by atoms with Crippen LogP contribution in [0, 0.1) is 0 Å². The molecule has 7 nitrogen and oxygen atoms in total. The van der Waals surface area contributed by atoms with E-state index in [2.05, 4.69) is 15.4 Å². The summed E-state index contributed by atoms with van der Waals surface area (Å²) in [6.07, 6.45) is 6.40. The standard InChI is InChI=1S/C15H18N4O3/c1-10(2)19-9-12(8-17-19)14(20)18-13(15(21)22)7-11-3-5-16-6-4-11/h3-6,8-10,13H,7H2,1-2H3,(H,18,20)(H,21,22). The summed E-state index contributed by atoms with van der Waals surface area (Å²) in [6.45, 7) is 3.89. The second kappa shape index (κ2) is 6.84. The third-order valence-corrected chi connectivity index (χ3v) is 3.19. The van der Waals surface area contributed by atoms with Crippen molar-refractivity contribution in [2.24, 2.45) is 0 Å². The minimum absolute atomic E-state index is 0.133. The summed E-state index contributed by atoms with van der Waals surface area (Å²) in [4.78, 5) is 27.4. The minimum Gasteiger partial charge on any atom is -0.480 e. The molecule has 0 aromatic carbocycles. The number of hydrogen-bond donors (Lipinski definition) is 2. The average molecular weight is 302 g/mol. The minimum atomic E-state index is -1.08. The Morgan fingerprint density at radius 3 is 2.55 bits per heavy atom. The van der Waals surface area contributed by atoms with Gasteiger partial charge in [0, 0.05) is 31.1 Å². The Morgan fingerprint density at radius 1 is 1.32 bits per heavy atom. The normalized spacial score (nSPS) is 12.1. The van der Waals surface area contributed by atoms with Crippen LogP contribution in [0.2, 0.25) is 0 Å². The van der Waals surface area contributed by atoms with Gasteiger partial charge in [-0.3, -0.25) is 14.5 Å². The van der Waals surface area contributed by atoms with Gasteiger partial charge in [-0.15, -0.1) is 0 Å². The zero-order chi connectivity index (χ0) is 16.1. The molecule has 0 fully saturated rings. The summed E-state index contributed by atoms with van der Waals surface area (Å²) < 4.78 is 1.65. The lowest BCUT2D eigenvalue weighted by Gasteiger charge is -2.14. The quantitative estimate of drug-likeness (QED) is 0.838. The van der Waals surface area contributed by atoms with Crippen molar-refractivity contribution in [2.45, 2.75) is 32.4 Å².